The lowest BCUT2D eigenvalue weighted by atomic mass is 10.3. The lowest BCUT2D eigenvalue weighted by molar-refractivity contribution is -0.116. The van der Waals surface area contributed by atoms with E-state index in [0.29, 0.717) is 24.5 Å². The van der Waals surface area contributed by atoms with Crippen LogP contribution in [0.5, 0.6) is 5.88 Å². The van der Waals surface area contributed by atoms with Crippen molar-refractivity contribution in [2.45, 2.75) is 13.0 Å². The maximum atomic E-state index is 12.0. The van der Waals surface area contributed by atoms with Gasteiger partial charge in [0.15, 0.2) is 0 Å². The zero-order valence-corrected chi connectivity index (χ0v) is 12.2. The number of ether oxygens (including phenoxy) is 1. The molecule has 1 amide bonds. The van der Waals surface area contributed by atoms with Crippen molar-refractivity contribution >= 4 is 22.6 Å². The average Bonchev–Trinajstić information content (AvgIpc) is 2.97. The summed E-state index contributed by atoms with van der Waals surface area (Å²) in [4.78, 5) is 20.4. The number of carbonyl (C=O) groups is 1. The minimum Gasteiger partial charge on any atom is -0.481 e. The number of carbonyl (C=O) groups excluding carboxylic acids is 1. The van der Waals surface area contributed by atoms with E-state index in [1.54, 1.807) is 31.8 Å². The zero-order valence-electron chi connectivity index (χ0n) is 12.2. The number of hydrogen-bond acceptors (Lipinski definition) is 4. The summed E-state index contributed by atoms with van der Waals surface area (Å²) in [5, 5.41) is 2.81. The van der Waals surface area contributed by atoms with E-state index in [0.717, 1.165) is 11.0 Å². The van der Waals surface area contributed by atoms with Crippen molar-refractivity contribution in [2.24, 2.45) is 0 Å². The van der Waals surface area contributed by atoms with Gasteiger partial charge in [-0.25, -0.2) is 9.97 Å². The number of nitrogens with zero attached hydrogens (tertiary/aromatic N) is 3. The molecular weight excluding hydrogens is 280 g/mol. The average molecular weight is 296 g/mol. The van der Waals surface area contributed by atoms with Crippen LogP contribution < -0.4 is 10.1 Å². The number of fused-ring (bicyclic) bond motifs is 1. The molecule has 22 heavy (non-hydrogen) atoms. The summed E-state index contributed by atoms with van der Waals surface area (Å²) in [6.07, 6.45) is 3.70. The molecule has 6 nitrogen and oxygen atoms in total. The van der Waals surface area contributed by atoms with Crippen LogP contribution in [0.15, 0.2) is 48.9 Å². The van der Waals surface area contributed by atoms with Crippen molar-refractivity contribution in [3.8, 4) is 5.88 Å². The number of aromatic nitrogens is 3. The molecule has 0 bridgehead atoms. The molecule has 0 saturated heterocycles. The van der Waals surface area contributed by atoms with E-state index < -0.39 is 0 Å². The molecule has 1 N–H and O–H groups in total. The largest absolute Gasteiger partial charge is 0.481 e. The van der Waals surface area contributed by atoms with E-state index in [1.165, 1.54) is 0 Å². The predicted molar refractivity (Wildman–Crippen MR) is 83.8 cm³/mol. The third kappa shape index (κ3) is 3.06. The summed E-state index contributed by atoms with van der Waals surface area (Å²) in [6, 6.07) is 11.3. The fourth-order valence-electron chi connectivity index (χ4n) is 2.21. The number of para-hydroxylation sites is 2. The van der Waals surface area contributed by atoms with Gasteiger partial charge in [-0.2, -0.15) is 0 Å². The Kier molecular flexibility index (Phi) is 4.00. The molecule has 3 aromatic rings. The second-order valence-corrected chi connectivity index (χ2v) is 4.81. The van der Waals surface area contributed by atoms with Gasteiger partial charge in [0, 0.05) is 19.0 Å². The van der Waals surface area contributed by atoms with Gasteiger partial charge in [0.2, 0.25) is 11.8 Å². The Bertz CT molecular complexity index is 780. The number of aryl methyl sites for hydroxylation is 1. The van der Waals surface area contributed by atoms with Crippen LogP contribution >= 0.6 is 0 Å². The number of pyridine rings is 1. The third-order valence-electron chi connectivity index (χ3n) is 3.34. The number of amides is 1. The molecule has 0 aliphatic heterocycles. The normalized spacial score (nSPS) is 10.6. The predicted octanol–water partition coefficient (Wildman–Crippen LogP) is 2.47. The minimum absolute atomic E-state index is 0.0650. The number of anilines is 1. The lowest BCUT2D eigenvalue weighted by Crippen LogP contribution is -2.14. The van der Waals surface area contributed by atoms with Crippen LogP contribution in [0.1, 0.15) is 6.42 Å². The highest BCUT2D eigenvalue weighted by molar-refractivity contribution is 5.90. The van der Waals surface area contributed by atoms with Crippen LogP contribution in [0.3, 0.4) is 0 Å². The first-order valence-electron chi connectivity index (χ1n) is 6.96. The van der Waals surface area contributed by atoms with E-state index in [1.807, 2.05) is 28.8 Å². The van der Waals surface area contributed by atoms with Gasteiger partial charge in [-0.05, 0) is 18.2 Å². The van der Waals surface area contributed by atoms with Crippen molar-refractivity contribution in [2.75, 3.05) is 12.4 Å². The van der Waals surface area contributed by atoms with Crippen LogP contribution in [-0.2, 0) is 11.3 Å². The van der Waals surface area contributed by atoms with E-state index >= 15 is 0 Å². The van der Waals surface area contributed by atoms with Crippen LogP contribution in [-0.4, -0.2) is 27.6 Å². The fourth-order valence-corrected chi connectivity index (χ4v) is 2.21. The topological polar surface area (TPSA) is 69.0 Å². The van der Waals surface area contributed by atoms with E-state index in [-0.39, 0.29) is 5.91 Å². The van der Waals surface area contributed by atoms with Crippen molar-refractivity contribution < 1.29 is 9.53 Å². The molecule has 0 radical (unpaired) electrons. The number of benzene rings is 1. The first-order chi connectivity index (χ1) is 10.8. The maximum Gasteiger partial charge on any atom is 0.226 e. The monoisotopic (exact) mass is 296 g/mol. The molecule has 112 valence electrons. The lowest BCUT2D eigenvalue weighted by Gasteiger charge is -2.07. The SMILES string of the molecule is COc1ccc(NC(=O)CCn2cnc3ccccc32)cn1. The number of imidazole rings is 1. The van der Waals surface area contributed by atoms with Crippen LogP contribution in [0, 0.1) is 0 Å². The standard InChI is InChI=1S/C16H16N4O2/c1-22-16-7-6-12(10-17-16)19-15(21)8-9-20-11-18-13-4-2-3-5-14(13)20/h2-7,10-11H,8-9H2,1H3,(H,19,21). The minimum atomic E-state index is -0.0650. The summed E-state index contributed by atoms with van der Waals surface area (Å²) in [5.74, 6) is 0.452. The Hall–Kier alpha value is -2.89. The molecule has 6 heteroatoms. The number of methoxy groups -OCH3 is 1. The van der Waals surface area contributed by atoms with Crippen molar-refractivity contribution in [1.29, 1.82) is 0 Å². The number of rotatable bonds is 5. The molecule has 1 aromatic carbocycles. The molecule has 0 fully saturated rings. The molecule has 0 aliphatic carbocycles. The Morgan fingerprint density at radius 3 is 2.86 bits per heavy atom. The summed E-state index contributed by atoms with van der Waals surface area (Å²) in [7, 11) is 1.55. The van der Waals surface area contributed by atoms with Crippen LogP contribution in [0.2, 0.25) is 0 Å². The van der Waals surface area contributed by atoms with Gasteiger partial charge >= 0.3 is 0 Å². The van der Waals surface area contributed by atoms with Gasteiger partial charge < -0.3 is 14.6 Å². The molecule has 2 aromatic heterocycles. The third-order valence-corrected chi connectivity index (χ3v) is 3.34. The van der Waals surface area contributed by atoms with E-state index in [2.05, 4.69) is 15.3 Å². The Morgan fingerprint density at radius 1 is 1.23 bits per heavy atom. The Labute approximate surface area is 127 Å². The van der Waals surface area contributed by atoms with E-state index in [4.69, 9.17) is 4.74 Å². The van der Waals surface area contributed by atoms with Gasteiger partial charge in [-0.1, -0.05) is 12.1 Å². The highest BCUT2D eigenvalue weighted by Crippen LogP contribution is 2.13. The molecule has 0 atom stereocenters. The van der Waals surface area contributed by atoms with Crippen molar-refractivity contribution in [3.05, 3.63) is 48.9 Å². The first-order valence-corrected chi connectivity index (χ1v) is 6.96. The Morgan fingerprint density at radius 2 is 2.09 bits per heavy atom. The van der Waals surface area contributed by atoms with Crippen LogP contribution in [0.4, 0.5) is 5.69 Å². The second-order valence-electron chi connectivity index (χ2n) is 4.81. The summed E-state index contributed by atoms with van der Waals surface area (Å²) in [6.45, 7) is 0.579. The summed E-state index contributed by atoms with van der Waals surface area (Å²) >= 11 is 0. The first kappa shape index (κ1) is 14.1. The molecule has 0 aliphatic rings. The molecular formula is C16H16N4O2. The van der Waals surface area contributed by atoms with Gasteiger partial charge in [-0.15, -0.1) is 0 Å². The highest BCUT2D eigenvalue weighted by atomic mass is 16.5. The molecule has 2 heterocycles. The molecule has 0 unspecified atom stereocenters. The summed E-state index contributed by atoms with van der Waals surface area (Å²) in [5.41, 5.74) is 2.62. The molecule has 0 saturated carbocycles. The van der Waals surface area contributed by atoms with E-state index in [9.17, 15) is 4.79 Å². The zero-order chi connectivity index (χ0) is 15.4. The smallest absolute Gasteiger partial charge is 0.226 e. The fraction of sp³-hybridized carbons (Fsp3) is 0.188. The summed E-state index contributed by atoms with van der Waals surface area (Å²) < 4.78 is 6.95. The van der Waals surface area contributed by atoms with Gasteiger partial charge in [0.05, 0.1) is 36.4 Å². The highest BCUT2D eigenvalue weighted by Gasteiger charge is 2.06. The maximum absolute atomic E-state index is 12.0. The van der Waals surface area contributed by atoms with Crippen molar-refractivity contribution in [1.82, 2.24) is 14.5 Å². The van der Waals surface area contributed by atoms with Gasteiger partial charge in [0.1, 0.15) is 0 Å². The Balaban J connectivity index is 1.60. The van der Waals surface area contributed by atoms with Gasteiger partial charge in [-0.3, -0.25) is 4.79 Å². The molecule has 3 rings (SSSR count). The van der Waals surface area contributed by atoms with Crippen molar-refractivity contribution in [3.63, 3.8) is 0 Å². The number of hydrogen-bond donors (Lipinski definition) is 1. The van der Waals surface area contributed by atoms with Crippen LogP contribution in [0.25, 0.3) is 11.0 Å². The second kappa shape index (κ2) is 6.26. The van der Waals surface area contributed by atoms with Gasteiger partial charge in [0.25, 0.3) is 0 Å². The number of nitrogens with one attached hydrogen (secondary N) is 1. The molecule has 0 spiro atoms. The quantitative estimate of drug-likeness (QED) is 0.785.